The van der Waals surface area contributed by atoms with Crippen molar-refractivity contribution in [2.75, 3.05) is 4.90 Å². The summed E-state index contributed by atoms with van der Waals surface area (Å²) in [7, 11) is 0. The Labute approximate surface area is 356 Å². The van der Waals surface area contributed by atoms with Crippen molar-refractivity contribution in [2.45, 2.75) is 78.6 Å². The van der Waals surface area contributed by atoms with Crippen LogP contribution in [0.1, 0.15) is 79.0 Å². The number of hydrogen-bond acceptors (Lipinski definition) is 2. The molecule has 0 aliphatic rings. The Balaban J connectivity index is 1.32. The fourth-order valence-electron chi connectivity index (χ4n) is 10.3. The van der Waals surface area contributed by atoms with Crippen LogP contribution in [0.4, 0.5) is 17.1 Å². The van der Waals surface area contributed by atoms with Crippen LogP contribution in [0, 0.1) is 0 Å². The fourth-order valence-corrected chi connectivity index (χ4v) is 10.3. The number of fused-ring (bicyclic) bond motifs is 14. The second-order valence-electron chi connectivity index (χ2n) is 20.6. The predicted octanol–water partition coefficient (Wildman–Crippen LogP) is 15.9. The quantitative estimate of drug-likeness (QED) is 0.178. The molecule has 5 heterocycles. The molecule has 0 saturated heterocycles. The summed E-state index contributed by atoms with van der Waals surface area (Å²) in [5.74, 6) is 0. The van der Waals surface area contributed by atoms with E-state index in [1.165, 1.54) is 87.2 Å². The summed E-state index contributed by atoms with van der Waals surface area (Å²) < 4.78 is 5.04. The molecule has 7 aromatic carbocycles. The highest BCUT2D eigenvalue weighted by atomic mass is 15.2. The Morgan fingerprint density at radius 1 is 0.410 bits per heavy atom. The van der Waals surface area contributed by atoms with Gasteiger partial charge in [0, 0.05) is 49.1 Å². The van der Waals surface area contributed by atoms with Crippen LogP contribution in [-0.4, -0.2) is 13.8 Å². The zero-order valence-corrected chi connectivity index (χ0v) is 36.6. The van der Waals surface area contributed by atoms with E-state index in [1.807, 2.05) is 0 Å². The summed E-state index contributed by atoms with van der Waals surface area (Å²) in [5, 5.41) is 11.3. The van der Waals surface area contributed by atoms with Crippen LogP contribution in [0.5, 0.6) is 0 Å². The maximum atomic E-state index is 5.94. The van der Waals surface area contributed by atoms with Crippen LogP contribution in [0.25, 0.3) is 87.2 Å². The highest BCUT2D eigenvalue weighted by Crippen LogP contribution is 2.50. The first-order valence-electron chi connectivity index (χ1n) is 21.8. The van der Waals surface area contributed by atoms with E-state index in [-0.39, 0.29) is 16.2 Å². The molecule has 0 amide bonds. The molecule has 298 valence electrons. The van der Waals surface area contributed by atoms with Crippen LogP contribution >= 0.6 is 0 Å². The first kappa shape index (κ1) is 36.2. The van der Waals surface area contributed by atoms with E-state index in [1.54, 1.807) is 0 Å². The zero-order chi connectivity index (χ0) is 41.9. The Morgan fingerprint density at radius 3 is 1.62 bits per heavy atom. The van der Waals surface area contributed by atoms with Crippen molar-refractivity contribution in [3.05, 3.63) is 156 Å². The molecule has 0 radical (unpaired) electrons. The summed E-state index contributed by atoms with van der Waals surface area (Å²) in [6.45, 7) is 20.9. The first-order chi connectivity index (χ1) is 29.2. The lowest BCUT2D eigenvalue weighted by atomic mass is 9.84. The molecule has 0 atom stereocenters. The third kappa shape index (κ3) is 5.02. The van der Waals surface area contributed by atoms with Gasteiger partial charge in [0.25, 0.3) is 0 Å². The molecule has 0 spiro atoms. The molecule has 0 bridgehead atoms. The number of nitrogens with zero attached hydrogens (tertiary/aromatic N) is 4. The molecular formula is C57H50N4. The van der Waals surface area contributed by atoms with E-state index in [0.29, 0.717) is 0 Å². The third-order valence-electron chi connectivity index (χ3n) is 13.5. The van der Waals surface area contributed by atoms with E-state index < -0.39 is 0 Å². The van der Waals surface area contributed by atoms with Gasteiger partial charge in [0.15, 0.2) is 0 Å². The standard InChI is InChI=1S/C57H50N4/c1-55(2,3)34-24-25-46-40(27-34)42-28-35(56(4,5)6)30-45-50-47(60(46)51(42)45)32-44-49-39-23-17-16-18-33(39)26-41-43-29-36(57(7,8)9)31-48(52(43)61(53(41)49)54(44)58-50)59(37-19-12-10-13-20-37)38-21-14-11-15-22-38/h10-32H,1-9H3. The summed E-state index contributed by atoms with van der Waals surface area (Å²) in [5.41, 5.74) is 15.4. The monoisotopic (exact) mass is 790 g/mol. The topological polar surface area (TPSA) is 24.9 Å². The molecule has 0 aliphatic heterocycles. The van der Waals surface area contributed by atoms with E-state index in [9.17, 15) is 0 Å². The second-order valence-corrected chi connectivity index (χ2v) is 20.6. The molecular weight excluding hydrogens is 741 g/mol. The maximum Gasteiger partial charge on any atom is 0.146 e. The van der Waals surface area contributed by atoms with Gasteiger partial charge in [0.2, 0.25) is 0 Å². The van der Waals surface area contributed by atoms with E-state index in [2.05, 4.69) is 216 Å². The zero-order valence-electron chi connectivity index (χ0n) is 36.6. The summed E-state index contributed by atoms with van der Waals surface area (Å²) >= 11 is 0. The van der Waals surface area contributed by atoms with Gasteiger partial charge in [-0.05, 0) is 117 Å². The molecule has 4 heteroatoms. The predicted molar refractivity (Wildman–Crippen MR) is 262 cm³/mol. The Bertz CT molecular complexity index is 3690. The molecule has 61 heavy (non-hydrogen) atoms. The van der Waals surface area contributed by atoms with Gasteiger partial charge in [-0.1, -0.05) is 129 Å². The minimum atomic E-state index is -0.0927. The van der Waals surface area contributed by atoms with Gasteiger partial charge in [-0.25, -0.2) is 4.98 Å². The highest BCUT2D eigenvalue weighted by Gasteiger charge is 2.30. The molecule has 0 unspecified atom stereocenters. The summed E-state index contributed by atoms with van der Waals surface area (Å²) in [6.07, 6.45) is 0. The first-order valence-corrected chi connectivity index (χ1v) is 21.8. The minimum absolute atomic E-state index is 0.0383. The molecule has 0 saturated carbocycles. The smallest absolute Gasteiger partial charge is 0.146 e. The third-order valence-corrected chi connectivity index (χ3v) is 13.5. The SMILES string of the molecule is CC(C)(C)c1ccc2c(c1)c1cc(C(C)(C)C)cc3c4nc5c(cc4n2c13)c1c2ccccc2cc2c3cc(C(C)(C)C)cc(N(c4ccccc4)c4ccccc4)c3n5c21. The molecule has 4 nitrogen and oxygen atoms in total. The van der Waals surface area contributed by atoms with Crippen LogP contribution in [-0.2, 0) is 16.2 Å². The van der Waals surface area contributed by atoms with Crippen molar-refractivity contribution in [3.63, 3.8) is 0 Å². The Kier molecular flexibility index (Phi) is 7.13. The largest absolute Gasteiger partial charge is 0.308 e. The normalized spacial score (nSPS) is 13.3. The van der Waals surface area contributed by atoms with Gasteiger partial charge in [0.1, 0.15) is 5.65 Å². The average Bonchev–Trinajstić information content (AvgIpc) is 3.95. The van der Waals surface area contributed by atoms with Gasteiger partial charge in [-0.2, -0.15) is 0 Å². The number of rotatable bonds is 3. The number of pyridine rings is 1. The van der Waals surface area contributed by atoms with Gasteiger partial charge < -0.3 is 9.30 Å². The summed E-state index contributed by atoms with van der Waals surface area (Å²) in [6, 6.07) is 52.5. The van der Waals surface area contributed by atoms with Crippen molar-refractivity contribution in [2.24, 2.45) is 0 Å². The van der Waals surface area contributed by atoms with Gasteiger partial charge in [-0.3, -0.25) is 4.40 Å². The van der Waals surface area contributed by atoms with Crippen molar-refractivity contribution in [3.8, 4) is 0 Å². The van der Waals surface area contributed by atoms with Crippen LogP contribution in [0.15, 0.2) is 140 Å². The lowest BCUT2D eigenvalue weighted by Crippen LogP contribution is -2.15. The van der Waals surface area contributed by atoms with Crippen LogP contribution in [0.3, 0.4) is 0 Å². The second kappa shape index (κ2) is 12.0. The fraction of sp³-hybridized carbons (Fsp3) is 0.211. The number of hydrogen-bond donors (Lipinski definition) is 0. The van der Waals surface area contributed by atoms with Gasteiger partial charge in [0.05, 0.1) is 38.8 Å². The lowest BCUT2D eigenvalue weighted by Gasteiger charge is -2.29. The highest BCUT2D eigenvalue weighted by molar-refractivity contribution is 6.33. The average molecular weight is 791 g/mol. The van der Waals surface area contributed by atoms with Gasteiger partial charge in [-0.15, -0.1) is 0 Å². The van der Waals surface area contributed by atoms with Crippen molar-refractivity contribution < 1.29 is 0 Å². The molecule has 0 fully saturated rings. The van der Waals surface area contributed by atoms with Crippen LogP contribution < -0.4 is 4.90 Å². The number of benzene rings is 7. The molecule has 0 N–H and O–H groups in total. The van der Waals surface area contributed by atoms with E-state index in [0.717, 1.165) is 33.7 Å². The summed E-state index contributed by atoms with van der Waals surface area (Å²) in [4.78, 5) is 8.39. The number of anilines is 3. The van der Waals surface area contributed by atoms with Gasteiger partial charge >= 0.3 is 0 Å². The molecule has 12 aromatic rings. The van der Waals surface area contributed by atoms with E-state index >= 15 is 0 Å². The van der Waals surface area contributed by atoms with Crippen molar-refractivity contribution in [1.29, 1.82) is 0 Å². The lowest BCUT2D eigenvalue weighted by molar-refractivity contribution is 0.590. The Hall–Kier alpha value is -6.65. The maximum absolute atomic E-state index is 5.94. The number of aromatic nitrogens is 3. The molecule has 0 aliphatic carbocycles. The molecule has 5 aromatic heterocycles. The Morgan fingerprint density at radius 2 is 0.967 bits per heavy atom. The number of para-hydroxylation sites is 2. The van der Waals surface area contributed by atoms with Crippen molar-refractivity contribution in [1.82, 2.24) is 13.8 Å². The van der Waals surface area contributed by atoms with Crippen molar-refractivity contribution >= 4 is 104 Å². The minimum Gasteiger partial charge on any atom is -0.308 e. The van der Waals surface area contributed by atoms with E-state index in [4.69, 9.17) is 4.98 Å². The van der Waals surface area contributed by atoms with Crippen LogP contribution in [0.2, 0.25) is 0 Å². The molecule has 12 rings (SSSR count).